The lowest BCUT2D eigenvalue weighted by Gasteiger charge is -2.17. The zero-order valence-corrected chi connectivity index (χ0v) is 17.6. The molecule has 2 aliphatic rings. The molecule has 3 N–H and O–H groups in total. The van der Waals surface area contributed by atoms with Crippen molar-refractivity contribution in [1.29, 1.82) is 0 Å². The predicted molar refractivity (Wildman–Crippen MR) is 114 cm³/mol. The average molecular weight is 403 g/mol. The highest BCUT2D eigenvalue weighted by atomic mass is 16.5. The molecule has 1 aliphatic heterocycles. The average Bonchev–Trinajstić information content (AvgIpc) is 3.37. The fourth-order valence-electron chi connectivity index (χ4n) is 3.25. The Morgan fingerprint density at radius 1 is 1.28 bits per heavy atom. The van der Waals surface area contributed by atoms with Crippen LogP contribution in [-0.2, 0) is 16.1 Å². The Hall–Kier alpha value is -2.28. The summed E-state index contributed by atoms with van der Waals surface area (Å²) in [6, 6.07) is 6.70. The fourth-order valence-corrected chi connectivity index (χ4v) is 3.25. The van der Waals surface area contributed by atoms with Crippen LogP contribution in [0.3, 0.4) is 0 Å². The number of carbonyl (C=O) groups is 1. The van der Waals surface area contributed by atoms with Crippen LogP contribution in [0.25, 0.3) is 0 Å². The van der Waals surface area contributed by atoms with E-state index in [0.29, 0.717) is 38.1 Å². The highest BCUT2D eigenvalue weighted by Crippen LogP contribution is 2.22. The number of nitrogens with one attached hydrogen (secondary N) is 3. The van der Waals surface area contributed by atoms with Crippen LogP contribution in [0, 0.1) is 12.8 Å². The second-order valence-electron chi connectivity index (χ2n) is 7.95. The minimum absolute atomic E-state index is 0.145. The van der Waals surface area contributed by atoms with E-state index in [1.807, 2.05) is 0 Å². The number of hydrogen-bond acceptors (Lipinski definition) is 4. The third kappa shape index (κ3) is 7.57. The smallest absolute Gasteiger partial charge is 0.220 e. The van der Waals surface area contributed by atoms with Crippen LogP contribution in [0.15, 0.2) is 23.2 Å². The highest BCUT2D eigenvalue weighted by molar-refractivity contribution is 5.80. The first kappa shape index (κ1) is 21.4. The van der Waals surface area contributed by atoms with E-state index in [1.165, 1.54) is 5.56 Å². The maximum atomic E-state index is 11.7. The fraction of sp³-hybridized carbons (Fsp3) is 0.636. The Kier molecular flexibility index (Phi) is 8.16. The Bertz CT molecular complexity index is 697. The number of hydrogen-bond donors (Lipinski definition) is 3. The van der Waals surface area contributed by atoms with Gasteiger partial charge in [-0.15, -0.1) is 0 Å². The zero-order chi connectivity index (χ0) is 20.5. The molecule has 29 heavy (non-hydrogen) atoms. The van der Waals surface area contributed by atoms with Crippen LogP contribution in [0.2, 0.25) is 0 Å². The predicted octanol–water partition coefficient (Wildman–Crippen LogP) is 2.13. The highest BCUT2D eigenvalue weighted by Gasteiger charge is 2.22. The molecule has 7 heteroatoms. The molecule has 0 bridgehead atoms. The number of amides is 1. The number of guanidine groups is 1. The first-order chi connectivity index (χ1) is 14.1. The van der Waals surface area contributed by atoms with E-state index < -0.39 is 0 Å². The molecule has 0 spiro atoms. The van der Waals surface area contributed by atoms with E-state index >= 15 is 0 Å². The van der Waals surface area contributed by atoms with Crippen molar-refractivity contribution in [3.63, 3.8) is 0 Å². The number of ether oxygens (including phenoxy) is 2. The SMILES string of the molecule is CN=C(NCCCC(=O)NC1CC1)NCc1ccc(C)cc1OCC1CCOC1. The van der Waals surface area contributed by atoms with Gasteiger partial charge in [-0.3, -0.25) is 9.79 Å². The molecule has 0 radical (unpaired) electrons. The number of benzene rings is 1. The maximum absolute atomic E-state index is 11.7. The summed E-state index contributed by atoms with van der Waals surface area (Å²) in [4.78, 5) is 16.0. The Morgan fingerprint density at radius 2 is 2.14 bits per heavy atom. The van der Waals surface area contributed by atoms with Crippen molar-refractivity contribution in [2.75, 3.05) is 33.4 Å². The van der Waals surface area contributed by atoms with Crippen LogP contribution < -0.4 is 20.7 Å². The van der Waals surface area contributed by atoms with Gasteiger partial charge in [0.1, 0.15) is 5.75 Å². The van der Waals surface area contributed by atoms with Crippen LogP contribution in [-0.4, -0.2) is 51.3 Å². The lowest BCUT2D eigenvalue weighted by molar-refractivity contribution is -0.121. The molecule has 1 amide bonds. The normalized spacial score (nSPS) is 19.1. The van der Waals surface area contributed by atoms with Gasteiger partial charge in [0.25, 0.3) is 0 Å². The number of carbonyl (C=O) groups excluding carboxylic acids is 1. The summed E-state index contributed by atoms with van der Waals surface area (Å²) >= 11 is 0. The third-order valence-electron chi connectivity index (χ3n) is 5.21. The molecule has 1 aromatic rings. The quantitative estimate of drug-likeness (QED) is 0.317. The Balaban J connectivity index is 1.41. The van der Waals surface area contributed by atoms with E-state index in [9.17, 15) is 4.79 Å². The standard InChI is InChI=1S/C22H34N4O3/c1-16-5-6-18(20(12-16)29-15-17-9-11-28-14-17)13-25-22(23-2)24-10-3-4-21(27)26-19-7-8-19/h5-6,12,17,19H,3-4,7-11,13-15H2,1-2H3,(H,26,27)(H2,23,24,25). The van der Waals surface area contributed by atoms with Crippen LogP contribution in [0.5, 0.6) is 5.75 Å². The third-order valence-corrected chi connectivity index (χ3v) is 5.21. The van der Waals surface area contributed by atoms with Crippen molar-refractivity contribution in [3.8, 4) is 5.75 Å². The lowest BCUT2D eigenvalue weighted by atomic mass is 10.1. The second kappa shape index (κ2) is 11.0. The molecule has 1 saturated heterocycles. The van der Waals surface area contributed by atoms with E-state index in [0.717, 1.165) is 56.2 Å². The molecular formula is C22H34N4O3. The molecule has 1 saturated carbocycles. The van der Waals surface area contributed by atoms with Crippen molar-refractivity contribution in [2.24, 2.45) is 10.9 Å². The van der Waals surface area contributed by atoms with Gasteiger partial charge >= 0.3 is 0 Å². The minimum atomic E-state index is 0.145. The van der Waals surface area contributed by atoms with Crippen molar-refractivity contribution in [3.05, 3.63) is 29.3 Å². The Labute approximate surface area is 173 Å². The van der Waals surface area contributed by atoms with Gasteiger partial charge in [-0.1, -0.05) is 12.1 Å². The summed E-state index contributed by atoms with van der Waals surface area (Å²) in [5, 5.41) is 9.62. The monoisotopic (exact) mass is 402 g/mol. The number of aryl methyl sites for hydroxylation is 1. The van der Waals surface area contributed by atoms with Crippen LogP contribution in [0.4, 0.5) is 0 Å². The molecule has 0 aromatic heterocycles. The summed E-state index contributed by atoms with van der Waals surface area (Å²) in [5.41, 5.74) is 2.28. The summed E-state index contributed by atoms with van der Waals surface area (Å²) < 4.78 is 11.5. The van der Waals surface area contributed by atoms with Gasteiger partial charge in [0.2, 0.25) is 5.91 Å². The van der Waals surface area contributed by atoms with Gasteiger partial charge in [-0.25, -0.2) is 0 Å². The van der Waals surface area contributed by atoms with Crippen LogP contribution >= 0.6 is 0 Å². The molecular weight excluding hydrogens is 368 g/mol. The topological polar surface area (TPSA) is 84.0 Å². The summed E-state index contributed by atoms with van der Waals surface area (Å²) in [6.45, 7) is 5.71. The summed E-state index contributed by atoms with van der Waals surface area (Å²) in [6.07, 6.45) is 4.64. The van der Waals surface area contributed by atoms with Crippen LogP contribution in [0.1, 0.15) is 43.2 Å². The summed E-state index contributed by atoms with van der Waals surface area (Å²) in [5.74, 6) is 2.26. The van der Waals surface area contributed by atoms with E-state index in [1.54, 1.807) is 7.05 Å². The summed E-state index contributed by atoms with van der Waals surface area (Å²) in [7, 11) is 1.75. The van der Waals surface area contributed by atoms with E-state index in [-0.39, 0.29) is 5.91 Å². The molecule has 1 unspecified atom stereocenters. The second-order valence-corrected chi connectivity index (χ2v) is 7.95. The van der Waals surface area contributed by atoms with Crippen molar-refractivity contribution in [1.82, 2.24) is 16.0 Å². The number of rotatable bonds is 10. The van der Waals surface area contributed by atoms with Crippen molar-refractivity contribution < 1.29 is 14.3 Å². The first-order valence-corrected chi connectivity index (χ1v) is 10.7. The first-order valence-electron chi connectivity index (χ1n) is 10.7. The van der Waals surface area contributed by atoms with E-state index in [2.05, 4.69) is 46.1 Å². The number of aliphatic imine (C=N–C) groups is 1. The van der Waals surface area contributed by atoms with Gasteiger partial charge < -0.3 is 25.4 Å². The van der Waals surface area contributed by atoms with Crippen molar-refractivity contribution in [2.45, 2.75) is 51.6 Å². The molecule has 1 aliphatic carbocycles. The van der Waals surface area contributed by atoms with Gasteiger partial charge in [0.15, 0.2) is 5.96 Å². The molecule has 1 atom stereocenters. The minimum Gasteiger partial charge on any atom is -0.493 e. The molecule has 3 rings (SSSR count). The van der Waals surface area contributed by atoms with Gasteiger partial charge in [0.05, 0.1) is 13.2 Å². The maximum Gasteiger partial charge on any atom is 0.220 e. The van der Waals surface area contributed by atoms with Crippen molar-refractivity contribution >= 4 is 11.9 Å². The van der Waals surface area contributed by atoms with Gasteiger partial charge in [-0.2, -0.15) is 0 Å². The van der Waals surface area contributed by atoms with Gasteiger partial charge in [-0.05, 0) is 44.2 Å². The van der Waals surface area contributed by atoms with Gasteiger partial charge in [0, 0.05) is 50.7 Å². The molecule has 1 aromatic carbocycles. The largest absolute Gasteiger partial charge is 0.493 e. The van der Waals surface area contributed by atoms with E-state index in [4.69, 9.17) is 9.47 Å². The lowest BCUT2D eigenvalue weighted by Crippen LogP contribution is -2.37. The number of nitrogens with zero attached hydrogens (tertiary/aromatic N) is 1. The Morgan fingerprint density at radius 3 is 2.86 bits per heavy atom. The molecule has 7 nitrogen and oxygen atoms in total. The molecule has 2 fully saturated rings. The molecule has 160 valence electrons. The molecule has 1 heterocycles. The zero-order valence-electron chi connectivity index (χ0n) is 17.6.